The number of benzene rings is 2. The van der Waals surface area contributed by atoms with Crippen molar-refractivity contribution in [1.82, 2.24) is 40.2 Å². The molecule has 14 nitrogen and oxygen atoms in total. The number of hydrogen-bond donors (Lipinski definition) is 2. The third kappa shape index (κ3) is 6.96. The highest BCUT2D eigenvalue weighted by Crippen LogP contribution is 2.41. The smallest absolute Gasteiger partial charge is 0.255 e. The second kappa shape index (κ2) is 14.8. The Kier molecular flexibility index (Phi) is 9.32. The largest absolute Gasteiger partial charge is 0.488 e. The summed E-state index contributed by atoms with van der Waals surface area (Å²) in [7, 11) is 0. The first-order valence-corrected chi connectivity index (χ1v) is 22.1. The highest BCUT2D eigenvalue weighted by Gasteiger charge is 2.46. The highest BCUT2D eigenvalue weighted by molar-refractivity contribution is 6.05. The minimum absolute atomic E-state index is 0.0435. The van der Waals surface area contributed by atoms with Crippen LogP contribution in [-0.4, -0.2) is 129 Å². The topological polar surface area (TPSA) is 143 Å². The van der Waals surface area contributed by atoms with Gasteiger partial charge in [-0.05, 0) is 100 Å². The number of anilines is 2. The summed E-state index contributed by atoms with van der Waals surface area (Å²) in [4.78, 5) is 58.0. The van der Waals surface area contributed by atoms with Crippen molar-refractivity contribution in [1.29, 1.82) is 0 Å². The summed E-state index contributed by atoms with van der Waals surface area (Å²) in [5.41, 5.74) is 3.78. The summed E-state index contributed by atoms with van der Waals surface area (Å²) in [5, 5.41) is 11.1. The lowest BCUT2D eigenvalue weighted by Crippen LogP contribution is -2.69. The summed E-state index contributed by atoms with van der Waals surface area (Å²) < 4.78 is 22.2. The number of imide groups is 1. The first-order valence-electron chi connectivity index (χ1n) is 22.1. The van der Waals surface area contributed by atoms with Gasteiger partial charge in [-0.15, -0.1) is 0 Å². The molecule has 3 unspecified atom stereocenters. The SMILES string of the molecule is CC1(Oc2ccc3[nH]nc(-c4cc(N5CCC(CN6CC7CC(C6)N7CC6CCN(c7ccc8c(c7F)CN(C7CCC(=O)NC7=O)C8=O)CC6)CC5)ncn4)c3c2)CC1. The molecule has 9 heterocycles. The van der Waals surface area contributed by atoms with E-state index >= 15 is 4.39 Å². The maximum absolute atomic E-state index is 16.0. The Morgan fingerprint density at radius 2 is 1.63 bits per heavy atom. The van der Waals surface area contributed by atoms with Gasteiger partial charge in [-0.1, -0.05) is 0 Å². The molecule has 6 saturated heterocycles. The van der Waals surface area contributed by atoms with Gasteiger partial charge in [-0.2, -0.15) is 5.10 Å². The summed E-state index contributed by atoms with van der Waals surface area (Å²) >= 11 is 0. The monoisotopic (exact) mass is 816 g/mol. The van der Waals surface area contributed by atoms with Crippen molar-refractivity contribution in [2.24, 2.45) is 11.8 Å². The van der Waals surface area contributed by atoms with Crippen LogP contribution in [0.3, 0.4) is 0 Å². The number of piperidine rings is 4. The zero-order chi connectivity index (χ0) is 40.7. The molecule has 2 bridgehead atoms. The van der Waals surface area contributed by atoms with Crippen molar-refractivity contribution in [3.63, 3.8) is 0 Å². The van der Waals surface area contributed by atoms with E-state index < -0.39 is 11.9 Å². The Bertz CT molecular complexity index is 2340. The van der Waals surface area contributed by atoms with Crippen LogP contribution in [0.25, 0.3) is 22.3 Å². The molecular formula is C45H53FN10O4. The molecule has 7 fully saturated rings. The fourth-order valence-corrected chi connectivity index (χ4v) is 10.9. The van der Waals surface area contributed by atoms with Crippen LogP contribution < -0.4 is 19.9 Å². The number of hydrogen-bond acceptors (Lipinski definition) is 11. The Morgan fingerprint density at radius 3 is 2.38 bits per heavy atom. The third-order valence-corrected chi connectivity index (χ3v) is 14.7. The summed E-state index contributed by atoms with van der Waals surface area (Å²) in [6, 6.07) is 12.1. The zero-order valence-electron chi connectivity index (χ0n) is 34.2. The number of nitrogens with one attached hydrogen (secondary N) is 2. The molecule has 1 aliphatic carbocycles. The Labute approximate surface area is 348 Å². The Balaban J connectivity index is 0.643. The van der Waals surface area contributed by atoms with E-state index in [2.05, 4.69) is 64.1 Å². The second-order valence-electron chi connectivity index (χ2n) is 18.7. The molecule has 60 heavy (non-hydrogen) atoms. The number of aromatic nitrogens is 4. The number of piperazine rings is 1. The summed E-state index contributed by atoms with van der Waals surface area (Å²) in [6.07, 6.45) is 9.89. The number of aromatic amines is 1. The van der Waals surface area contributed by atoms with Crippen molar-refractivity contribution in [2.75, 3.05) is 62.2 Å². The number of fused-ring (bicyclic) bond motifs is 4. The first kappa shape index (κ1) is 37.8. The van der Waals surface area contributed by atoms with E-state index in [4.69, 9.17) is 4.74 Å². The molecule has 3 atom stereocenters. The minimum atomic E-state index is -0.750. The molecule has 2 N–H and O–H groups in total. The molecule has 2 aromatic heterocycles. The zero-order valence-corrected chi connectivity index (χ0v) is 34.2. The second-order valence-corrected chi connectivity index (χ2v) is 18.7. The van der Waals surface area contributed by atoms with Gasteiger partial charge in [0, 0.05) is 93.4 Å². The molecule has 8 aliphatic rings. The van der Waals surface area contributed by atoms with Crippen molar-refractivity contribution in [2.45, 2.75) is 95.0 Å². The van der Waals surface area contributed by atoms with Gasteiger partial charge >= 0.3 is 0 Å². The number of H-pyrrole nitrogens is 1. The van der Waals surface area contributed by atoms with Crippen LogP contribution in [0.1, 0.15) is 80.6 Å². The van der Waals surface area contributed by atoms with Gasteiger partial charge in [-0.3, -0.25) is 34.6 Å². The fourth-order valence-electron chi connectivity index (χ4n) is 10.9. The van der Waals surface area contributed by atoms with Crippen molar-refractivity contribution in [3.8, 4) is 17.1 Å². The Morgan fingerprint density at radius 1 is 0.883 bits per heavy atom. The average Bonchev–Trinajstić information content (AvgIpc) is 3.67. The molecule has 0 radical (unpaired) electrons. The Hall–Kier alpha value is -5.15. The van der Waals surface area contributed by atoms with Crippen molar-refractivity contribution in [3.05, 3.63) is 59.7 Å². The molecule has 15 heteroatoms. The number of halogens is 1. The predicted octanol–water partition coefficient (Wildman–Crippen LogP) is 4.74. The molecule has 3 amide bonds. The van der Waals surface area contributed by atoms with E-state index in [0.717, 1.165) is 125 Å². The molecule has 0 spiro atoms. The lowest BCUT2D eigenvalue weighted by atomic mass is 9.83. The minimum Gasteiger partial charge on any atom is -0.488 e. The maximum atomic E-state index is 16.0. The lowest BCUT2D eigenvalue weighted by molar-refractivity contribution is -0.136. The van der Waals surface area contributed by atoms with E-state index in [9.17, 15) is 14.4 Å². The number of ether oxygens (including phenoxy) is 1. The van der Waals surface area contributed by atoms with Crippen molar-refractivity contribution < 1.29 is 23.5 Å². The van der Waals surface area contributed by atoms with E-state index in [1.54, 1.807) is 18.5 Å². The molecule has 12 rings (SSSR count). The molecule has 7 aliphatic heterocycles. The maximum Gasteiger partial charge on any atom is 0.255 e. The molecule has 1 saturated carbocycles. The van der Waals surface area contributed by atoms with Crippen LogP contribution in [0.2, 0.25) is 0 Å². The van der Waals surface area contributed by atoms with E-state index in [0.29, 0.717) is 40.7 Å². The van der Waals surface area contributed by atoms with Gasteiger partial charge in [0.1, 0.15) is 35.2 Å². The van der Waals surface area contributed by atoms with Crippen LogP contribution >= 0.6 is 0 Å². The van der Waals surface area contributed by atoms with Gasteiger partial charge in [0.15, 0.2) is 5.82 Å². The van der Waals surface area contributed by atoms with E-state index in [1.165, 1.54) is 11.3 Å². The standard InChI is InChI=1S/C45H53FN10O4/c1-45(12-13-45)60-31-2-4-35-33(19-31)42(51-50-35)36-20-39(48-26-47-36)54-16-10-27(11-17-54)21-52-23-29-18-30(24-52)55(29)22-28-8-14-53(15-9-28)37-5-3-32-34(41(37)46)25-56(44(32)59)38-6-7-40(57)49-43(38)58/h2-5,19-20,26-30,38H,6-18,21-25H2,1H3,(H,50,51)(H,49,57,58). The molecular weight excluding hydrogens is 764 g/mol. The molecule has 4 aromatic rings. The van der Waals surface area contributed by atoms with Gasteiger partial charge in [0.25, 0.3) is 5.91 Å². The average molecular weight is 817 g/mol. The molecule has 2 aromatic carbocycles. The number of carbonyl (C=O) groups is 3. The van der Waals surface area contributed by atoms with Gasteiger partial charge in [-0.25, -0.2) is 14.4 Å². The highest BCUT2D eigenvalue weighted by atomic mass is 19.1. The van der Waals surface area contributed by atoms with E-state index in [1.807, 2.05) is 12.1 Å². The van der Waals surface area contributed by atoms with Gasteiger partial charge in [0.05, 0.1) is 23.4 Å². The number of amides is 3. The summed E-state index contributed by atoms with van der Waals surface area (Å²) in [5.74, 6) is 1.57. The normalized spacial score (nSPS) is 26.1. The predicted molar refractivity (Wildman–Crippen MR) is 223 cm³/mol. The summed E-state index contributed by atoms with van der Waals surface area (Å²) in [6.45, 7) is 10.3. The number of carbonyl (C=O) groups excluding carboxylic acids is 3. The third-order valence-electron chi connectivity index (χ3n) is 14.7. The molecule has 314 valence electrons. The lowest BCUT2D eigenvalue weighted by Gasteiger charge is -2.58. The number of nitrogens with zero attached hydrogens (tertiary/aromatic N) is 8. The van der Waals surface area contributed by atoms with Gasteiger partial charge in [0.2, 0.25) is 11.8 Å². The van der Waals surface area contributed by atoms with Gasteiger partial charge < -0.3 is 19.4 Å². The van der Waals surface area contributed by atoms with Crippen LogP contribution in [0.15, 0.2) is 42.7 Å². The van der Waals surface area contributed by atoms with Crippen LogP contribution in [0.5, 0.6) is 5.75 Å². The van der Waals surface area contributed by atoms with Crippen LogP contribution in [0.4, 0.5) is 15.9 Å². The fraction of sp³-hybridized carbons (Fsp3) is 0.556. The first-order chi connectivity index (χ1) is 29.1. The van der Waals surface area contributed by atoms with E-state index in [-0.39, 0.29) is 42.6 Å². The number of rotatable bonds is 10. The van der Waals surface area contributed by atoms with Crippen LogP contribution in [-0.2, 0) is 16.1 Å². The quantitative estimate of drug-likeness (QED) is 0.215. The van der Waals surface area contributed by atoms with Crippen molar-refractivity contribution >= 4 is 40.1 Å². The van der Waals surface area contributed by atoms with Crippen LogP contribution in [0, 0.1) is 17.7 Å².